The molecule has 37 heavy (non-hydrogen) atoms. The maximum Gasteiger partial charge on any atom is 0.694 e. The van der Waals surface area contributed by atoms with E-state index in [1.54, 1.807) is 13.8 Å². The standard InChI is InChI=1S/C25H49N2O8PS/c1-4-5-6-7-8-9-10-11-12-13-20(28)18-22(30)37-17-16-26-21(29)14-15-27-24(32)23(31)25(2,3)19-35-36(33)34/h20,23-24,27-28,31-32H,4-19H2,1-3H3,(H-,26,29,33,34)/p+1/t20-,23-,24?/m0/s1. The minimum Gasteiger partial charge on any atom is -0.393 e. The maximum absolute atomic E-state index is 12.0. The Labute approximate surface area is 227 Å². The van der Waals surface area contributed by atoms with Crippen LogP contribution in [0, 0.1) is 5.41 Å². The predicted octanol–water partition coefficient (Wildman–Crippen LogP) is 3.39. The van der Waals surface area contributed by atoms with E-state index in [0.717, 1.165) is 24.6 Å². The van der Waals surface area contributed by atoms with Gasteiger partial charge in [-0.2, -0.15) is 0 Å². The van der Waals surface area contributed by atoms with Gasteiger partial charge in [0.15, 0.2) is 5.12 Å². The Morgan fingerprint density at radius 3 is 2.16 bits per heavy atom. The van der Waals surface area contributed by atoms with E-state index in [1.165, 1.54) is 44.9 Å². The zero-order valence-corrected chi connectivity index (χ0v) is 24.5. The van der Waals surface area contributed by atoms with Gasteiger partial charge in [-0.3, -0.25) is 14.9 Å². The lowest BCUT2D eigenvalue weighted by molar-refractivity contribution is -0.121. The molecule has 218 valence electrons. The highest BCUT2D eigenvalue weighted by atomic mass is 32.2. The average Bonchev–Trinajstić information content (AvgIpc) is 2.83. The monoisotopic (exact) mass is 569 g/mol. The van der Waals surface area contributed by atoms with Crippen molar-refractivity contribution in [3.63, 3.8) is 0 Å². The van der Waals surface area contributed by atoms with Crippen molar-refractivity contribution in [3.05, 3.63) is 0 Å². The van der Waals surface area contributed by atoms with E-state index in [1.807, 2.05) is 0 Å². The molecule has 0 aromatic rings. The van der Waals surface area contributed by atoms with Gasteiger partial charge >= 0.3 is 8.25 Å². The van der Waals surface area contributed by atoms with Gasteiger partial charge in [-0.15, -0.1) is 9.42 Å². The molecule has 0 saturated carbocycles. The zero-order valence-electron chi connectivity index (χ0n) is 22.8. The van der Waals surface area contributed by atoms with Gasteiger partial charge in [-0.1, -0.05) is 90.3 Å². The lowest BCUT2D eigenvalue weighted by atomic mass is 9.86. The summed E-state index contributed by atoms with van der Waals surface area (Å²) in [6.45, 7) is 5.54. The summed E-state index contributed by atoms with van der Waals surface area (Å²) in [7, 11) is -2.80. The summed E-state index contributed by atoms with van der Waals surface area (Å²) in [4.78, 5) is 32.7. The van der Waals surface area contributed by atoms with Crippen LogP contribution in [0.25, 0.3) is 0 Å². The molecule has 0 spiro atoms. The minimum absolute atomic E-state index is 0.0548. The van der Waals surface area contributed by atoms with Crippen LogP contribution in [0.3, 0.4) is 0 Å². The van der Waals surface area contributed by atoms with Crippen molar-refractivity contribution >= 4 is 31.0 Å². The van der Waals surface area contributed by atoms with Gasteiger partial charge < -0.3 is 20.6 Å². The van der Waals surface area contributed by atoms with Crippen molar-refractivity contribution < 1.29 is 38.9 Å². The van der Waals surface area contributed by atoms with Gasteiger partial charge in [0.1, 0.15) is 18.9 Å². The molecule has 2 unspecified atom stereocenters. The number of rotatable bonds is 24. The Hall–Kier alpha value is -0.650. The summed E-state index contributed by atoms with van der Waals surface area (Å²) in [6, 6.07) is 0. The van der Waals surface area contributed by atoms with Crippen molar-refractivity contribution in [3.8, 4) is 0 Å². The molecule has 4 atom stereocenters. The molecule has 1 amide bonds. The van der Waals surface area contributed by atoms with Crippen LogP contribution in [-0.2, 0) is 18.7 Å². The van der Waals surface area contributed by atoms with Crippen LogP contribution in [0.15, 0.2) is 0 Å². The Morgan fingerprint density at radius 2 is 1.57 bits per heavy atom. The summed E-state index contributed by atoms with van der Waals surface area (Å²) in [5.41, 5.74) is -0.993. The molecule has 0 bridgehead atoms. The number of hydrogen-bond acceptors (Lipinski definition) is 9. The molecule has 6 N–H and O–H groups in total. The van der Waals surface area contributed by atoms with Crippen molar-refractivity contribution in [2.45, 2.75) is 116 Å². The van der Waals surface area contributed by atoms with Crippen molar-refractivity contribution in [1.29, 1.82) is 0 Å². The number of amides is 1. The molecule has 12 heteroatoms. The quantitative estimate of drug-likeness (QED) is 0.0576. The van der Waals surface area contributed by atoms with Gasteiger partial charge in [-0.25, -0.2) is 0 Å². The third-order valence-corrected chi connectivity index (χ3v) is 7.33. The van der Waals surface area contributed by atoms with Crippen LogP contribution in [0.1, 0.15) is 97.8 Å². The second-order valence-electron chi connectivity index (χ2n) is 10.1. The number of nitrogens with one attached hydrogen (secondary N) is 2. The van der Waals surface area contributed by atoms with Crippen LogP contribution in [0.2, 0.25) is 0 Å². The molecule has 0 aliphatic rings. The fourth-order valence-corrected chi connectivity index (χ4v) is 4.85. The van der Waals surface area contributed by atoms with E-state index in [0.29, 0.717) is 18.7 Å². The Bertz CT molecular complexity index is 642. The van der Waals surface area contributed by atoms with Crippen LogP contribution >= 0.6 is 20.0 Å². The first-order valence-electron chi connectivity index (χ1n) is 13.5. The highest BCUT2D eigenvalue weighted by Crippen LogP contribution is 2.27. The number of hydrogen-bond donors (Lipinski definition) is 6. The highest BCUT2D eigenvalue weighted by molar-refractivity contribution is 8.13. The first kappa shape index (κ1) is 36.4. The van der Waals surface area contributed by atoms with Gasteiger partial charge in [0.05, 0.1) is 6.10 Å². The van der Waals surface area contributed by atoms with Gasteiger partial charge in [0.25, 0.3) is 0 Å². The summed E-state index contributed by atoms with van der Waals surface area (Å²) < 4.78 is 15.3. The predicted molar refractivity (Wildman–Crippen MR) is 147 cm³/mol. The molecular formula is C25H50N2O8PS+. The number of aliphatic hydroxyl groups excluding tert-OH is 3. The fraction of sp³-hybridized carbons (Fsp3) is 0.920. The van der Waals surface area contributed by atoms with E-state index >= 15 is 0 Å². The second-order valence-corrected chi connectivity index (χ2v) is 12.0. The Balaban J connectivity index is 3.81. The number of aliphatic hydroxyl groups is 3. The number of carbonyl (C=O) groups excluding carboxylic acids is 2. The van der Waals surface area contributed by atoms with Gasteiger partial charge in [0.2, 0.25) is 5.91 Å². The third-order valence-electron chi connectivity index (χ3n) is 6.08. The molecule has 0 aliphatic carbocycles. The van der Waals surface area contributed by atoms with E-state index in [-0.39, 0.29) is 37.0 Å². The number of carbonyl (C=O) groups is 2. The van der Waals surface area contributed by atoms with Crippen molar-refractivity contribution in [2.75, 3.05) is 25.4 Å². The van der Waals surface area contributed by atoms with Crippen molar-refractivity contribution in [2.24, 2.45) is 5.41 Å². The molecule has 0 radical (unpaired) electrons. The van der Waals surface area contributed by atoms with Crippen LogP contribution in [0.5, 0.6) is 0 Å². The molecule has 0 aromatic heterocycles. The van der Waals surface area contributed by atoms with Gasteiger partial charge in [-0.05, 0) is 6.42 Å². The zero-order chi connectivity index (χ0) is 28.1. The molecule has 10 nitrogen and oxygen atoms in total. The Kier molecular flexibility index (Phi) is 21.8. The van der Waals surface area contributed by atoms with E-state index in [2.05, 4.69) is 22.1 Å². The number of thioether (sulfide) groups is 1. The fourth-order valence-electron chi connectivity index (χ4n) is 3.67. The lowest BCUT2D eigenvalue weighted by Crippen LogP contribution is -2.49. The normalized spacial score (nSPS) is 14.7. The molecule has 0 saturated heterocycles. The summed E-state index contributed by atoms with van der Waals surface area (Å²) >= 11 is 1.09. The van der Waals surface area contributed by atoms with Crippen LogP contribution in [-0.4, -0.2) is 75.1 Å². The molecule has 0 rings (SSSR count). The molecule has 0 fully saturated rings. The molecule has 0 aromatic carbocycles. The molecule has 0 aliphatic heterocycles. The smallest absolute Gasteiger partial charge is 0.393 e. The van der Waals surface area contributed by atoms with Crippen LogP contribution < -0.4 is 10.6 Å². The van der Waals surface area contributed by atoms with Gasteiger partial charge in [0, 0.05) is 41.7 Å². The van der Waals surface area contributed by atoms with Crippen LogP contribution in [0.4, 0.5) is 0 Å². The first-order valence-corrected chi connectivity index (χ1v) is 15.6. The maximum atomic E-state index is 12.0. The van der Waals surface area contributed by atoms with E-state index in [4.69, 9.17) is 4.89 Å². The summed E-state index contributed by atoms with van der Waals surface area (Å²) in [5.74, 6) is 0.137. The topological polar surface area (TPSA) is 165 Å². The second kappa shape index (κ2) is 22.2. The number of unbranched alkanes of at least 4 members (excludes halogenated alkanes) is 8. The summed E-state index contributed by atoms with van der Waals surface area (Å²) in [6.07, 6.45) is 8.47. The molecule has 0 heterocycles. The Morgan fingerprint density at radius 1 is 0.973 bits per heavy atom. The first-order chi connectivity index (χ1) is 17.5. The average molecular weight is 570 g/mol. The SMILES string of the molecule is CCCCCCCCCCC[C@H](O)CC(=O)SCCNC(=O)CCNC(O)[C@H](O)C(C)(C)CO[P+](=O)O. The highest BCUT2D eigenvalue weighted by Gasteiger charge is 2.36. The lowest BCUT2D eigenvalue weighted by Gasteiger charge is -2.31. The largest absolute Gasteiger partial charge is 0.694 e. The van der Waals surface area contributed by atoms with E-state index < -0.39 is 32.1 Å². The molecular weight excluding hydrogens is 519 g/mol. The van der Waals surface area contributed by atoms with E-state index in [9.17, 15) is 29.5 Å². The third kappa shape index (κ3) is 20.9. The van der Waals surface area contributed by atoms with Crippen molar-refractivity contribution in [1.82, 2.24) is 10.6 Å². The summed E-state index contributed by atoms with van der Waals surface area (Å²) in [5, 5.41) is 35.6. The minimum atomic E-state index is -2.80.